The summed E-state index contributed by atoms with van der Waals surface area (Å²) in [6.45, 7) is 3.57. The molecule has 3 heterocycles. The van der Waals surface area contributed by atoms with Crippen molar-refractivity contribution in [2.75, 3.05) is 18.0 Å². The molecule has 0 saturated heterocycles. The van der Waals surface area contributed by atoms with E-state index in [4.69, 9.17) is 9.62 Å². The number of fused-ring (bicyclic) bond motifs is 1. The molecule has 0 aliphatic carbocycles. The maximum atomic E-state index is 5.11. The fourth-order valence-electron chi connectivity index (χ4n) is 3.22. The zero-order valence-electron chi connectivity index (χ0n) is 13.4. The van der Waals surface area contributed by atoms with Gasteiger partial charge in [0.25, 0.3) is 5.95 Å². The van der Waals surface area contributed by atoms with Gasteiger partial charge in [-0.3, -0.25) is 4.68 Å². The molecule has 0 radical (unpaired) electrons. The van der Waals surface area contributed by atoms with E-state index in [0.29, 0.717) is 11.8 Å². The fourth-order valence-corrected chi connectivity index (χ4v) is 3.22. The van der Waals surface area contributed by atoms with Crippen molar-refractivity contribution in [2.45, 2.75) is 19.8 Å². The molecule has 0 N–H and O–H groups in total. The van der Waals surface area contributed by atoms with Crippen LogP contribution in [-0.4, -0.2) is 33.0 Å². The van der Waals surface area contributed by atoms with Gasteiger partial charge in [0.1, 0.15) is 0 Å². The SMILES string of the molecule is Cc1nc(N2CCc3c(-c4ccccc4)nn(C)c3CC2)no1. The van der Waals surface area contributed by atoms with Crippen LogP contribution < -0.4 is 4.90 Å². The molecule has 2 aromatic heterocycles. The lowest BCUT2D eigenvalue weighted by Crippen LogP contribution is -2.27. The molecule has 6 heteroatoms. The smallest absolute Gasteiger partial charge is 0.266 e. The molecular formula is C17H19N5O. The Hall–Kier alpha value is -2.63. The van der Waals surface area contributed by atoms with Crippen molar-refractivity contribution < 1.29 is 4.52 Å². The molecule has 3 aromatic rings. The maximum Gasteiger partial charge on any atom is 0.266 e. The Kier molecular flexibility index (Phi) is 3.37. The van der Waals surface area contributed by atoms with Gasteiger partial charge in [-0.1, -0.05) is 30.3 Å². The lowest BCUT2D eigenvalue weighted by molar-refractivity contribution is 0.392. The number of aromatic nitrogens is 4. The van der Waals surface area contributed by atoms with Crippen molar-refractivity contribution in [3.63, 3.8) is 0 Å². The highest BCUT2D eigenvalue weighted by Gasteiger charge is 2.24. The Morgan fingerprint density at radius 3 is 2.61 bits per heavy atom. The summed E-state index contributed by atoms with van der Waals surface area (Å²) in [6.07, 6.45) is 1.86. The molecular weight excluding hydrogens is 290 g/mol. The molecule has 0 saturated carbocycles. The number of rotatable bonds is 2. The summed E-state index contributed by atoms with van der Waals surface area (Å²) in [4.78, 5) is 6.54. The first-order valence-corrected chi connectivity index (χ1v) is 7.88. The van der Waals surface area contributed by atoms with Crippen LogP contribution in [0.4, 0.5) is 5.95 Å². The maximum absolute atomic E-state index is 5.11. The Balaban J connectivity index is 1.67. The first-order valence-electron chi connectivity index (χ1n) is 7.88. The average Bonchev–Trinajstić information content (AvgIpc) is 3.05. The Morgan fingerprint density at radius 2 is 1.87 bits per heavy atom. The number of hydrogen-bond donors (Lipinski definition) is 0. The first kappa shape index (κ1) is 14.0. The summed E-state index contributed by atoms with van der Waals surface area (Å²) in [7, 11) is 2.03. The van der Waals surface area contributed by atoms with Crippen LogP contribution >= 0.6 is 0 Å². The van der Waals surface area contributed by atoms with Crippen LogP contribution in [0.5, 0.6) is 0 Å². The molecule has 4 rings (SSSR count). The van der Waals surface area contributed by atoms with E-state index >= 15 is 0 Å². The van der Waals surface area contributed by atoms with Gasteiger partial charge < -0.3 is 9.42 Å². The predicted octanol–water partition coefficient (Wildman–Crippen LogP) is 2.38. The second-order valence-electron chi connectivity index (χ2n) is 5.86. The number of benzene rings is 1. The van der Waals surface area contributed by atoms with E-state index in [0.717, 1.165) is 31.6 Å². The van der Waals surface area contributed by atoms with Crippen molar-refractivity contribution in [1.82, 2.24) is 19.9 Å². The average molecular weight is 309 g/mol. The standard InChI is InChI=1S/C17H19N5O/c1-12-18-17(20-23-12)22-10-8-14-15(9-11-22)21(2)19-16(14)13-6-4-3-5-7-13/h3-7H,8-11H2,1-2H3. The van der Waals surface area contributed by atoms with Gasteiger partial charge >= 0.3 is 0 Å². The van der Waals surface area contributed by atoms with Crippen molar-refractivity contribution >= 4 is 5.95 Å². The normalized spacial score (nSPS) is 14.6. The second-order valence-corrected chi connectivity index (χ2v) is 5.86. The van der Waals surface area contributed by atoms with Crippen LogP contribution in [0.1, 0.15) is 17.1 Å². The molecule has 1 aliphatic heterocycles. The van der Waals surface area contributed by atoms with E-state index in [1.165, 1.54) is 16.8 Å². The summed E-state index contributed by atoms with van der Waals surface area (Å²) < 4.78 is 7.13. The third kappa shape index (κ3) is 2.50. The zero-order chi connectivity index (χ0) is 15.8. The highest BCUT2D eigenvalue weighted by atomic mass is 16.5. The number of aryl methyl sites for hydroxylation is 2. The summed E-state index contributed by atoms with van der Waals surface area (Å²) in [5.41, 5.74) is 4.90. The Bertz CT molecular complexity index is 821. The van der Waals surface area contributed by atoms with Gasteiger partial charge in [-0.25, -0.2) is 0 Å². The fraction of sp³-hybridized carbons (Fsp3) is 0.353. The molecule has 1 aromatic carbocycles. The molecule has 0 spiro atoms. The Morgan fingerprint density at radius 1 is 1.09 bits per heavy atom. The van der Waals surface area contributed by atoms with Crippen LogP contribution in [0.2, 0.25) is 0 Å². The lowest BCUT2D eigenvalue weighted by Gasteiger charge is -2.17. The summed E-state index contributed by atoms with van der Waals surface area (Å²) in [5, 5.41) is 8.80. The quantitative estimate of drug-likeness (QED) is 0.727. The second kappa shape index (κ2) is 5.53. The minimum atomic E-state index is 0.605. The highest BCUT2D eigenvalue weighted by Crippen LogP contribution is 2.28. The summed E-state index contributed by atoms with van der Waals surface area (Å²) in [5.74, 6) is 1.29. The number of hydrogen-bond acceptors (Lipinski definition) is 5. The first-order chi connectivity index (χ1) is 11.2. The van der Waals surface area contributed by atoms with E-state index in [2.05, 4.69) is 39.3 Å². The van der Waals surface area contributed by atoms with E-state index < -0.39 is 0 Å². The van der Waals surface area contributed by atoms with Crippen molar-refractivity contribution in [2.24, 2.45) is 7.05 Å². The third-order valence-electron chi connectivity index (χ3n) is 4.37. The van der Waals surface area contributed by atoms with E-state index in [1.54, 1.807) is 0 Å². The minimum absolute atomic E-state index is 0.605. The van der Waals surface area contributed by atoms with Gasteiger partial charge in [-0.2, -0.15) is 10.1 Å². The van der Waals surface area contributed by atoms with Gasteiger partial charge in [0.05, 0.1) is 5.69 Å². The van der Waals surface area contributed by atoms with Crippen molar-refractivity contribution in [3.8, 4) is 11.3 Å². The minimum Gasteiger partial charge on any atom is -0.338 e. The van der Waals surface area contributed by atoms with E-state index in [-0.39, 0.29) is 0 Å². The molecule has 0 unspecified atom stereocenters. The largest absolute Gasteiger partial charge is 0.338 e. The molecule has 0 amide bonds. The predicted molar refractivity (Wildman–Crippen MR) is 87.3 cm³/mol. The van der Waals surface area contributed by atoms with Crippen LogP contribution in [-0.2, 0) is 19.9 Å². The molecule has 6 nitrogen and oxygen atoms in total. The highest BCUT2D eigenvalue weighted by molar-refractivity contribution is 5.64. The van der Waals surface area contributed by atoms with Gasteiger partial charge in [0.2, 0.25) is 5.89 Å². The molecule has 23 heavy (non-hydrogen) atoms. The van der Waals surface area contributed by atoms with Gasteiger partial charge in [0.15, 0.2) is 0 Å². The Labute approximate surface area is 134 Å². The molecule has 118 valence electrons. The van der Waals surface area contributed by atoms with Crippen molar-refractivity contribution in [3.05, 3.63) is 47.5 Å². The van der Waals surface area contributed by atoms with Gasteiger partial charge in [-0.15, -0.1) is 0 Å². The summed E-state index contributed by atoms with van der Waals surface area (Å²) in [6, 6.07) is 10.4. The van der Waals surface area contributed by atoms with Gasteiger partial charge in [0, 0.05) is 50.3 Å². The van der Waals surface area contributed by atoms with Crippen molar-refractivity contribution in [1.29, 1.82) is 0 Å². The van der Waals surface area contributed by atoms with Crippen LogP contribution in [0.15, 0.2) is 34.9 Å². The third-order valence-corrected chi connectivity index (χ3v) is 4.37. The lowest BCUT2D eigenvalue weighted by atomic mass is 10.0. The van der Waals surface area contributed by atoms with E-state index in [1.807, 2.05) is 24.7 Å². The van der Waals surface area contributed by atoms with Crippen LogP contribution in [0, 0.1) is 6.92 Å². The van der Waals surface area contributed by atoms with E-state index in [9.17, 15) is 0 Å². The molecule has 0 atom stereocenters. The molecule has 0 bridgehead atoms. The molecule has 1 aliphatic rings. The monoisotopic (exact) mass is 309 g/mol. The topological polar surface area (TPSA) is 60.0 Å². The summed E-state index contributed by atoms with van der Waals surface area (Å²) >= 11 is 0. The van der Waals surface area contributed by atoms with Gasteiger partial charge in [-0.05, 0) is 11.6 Å². The zero-order valence-corrected chi connectivity index (χ0v) is 13.4. The number of nitrogens with zero attached hydrogens (tertiary/aromatic N) is 5. The number of anilines is 1. The van der Waals surface area contributed by atoms with Crippen LogP contribution in [0.3, 0.4) is 0 Å². The molecule has 0 fully saturated rings. The van der Waals surface area contributed by atoms with Crippen LogP contribution in [0.25, 0.3) is 11.3 Å².